The maximum Gasteiger partial charge on any atom is 0.436 e. The molecule has 0 aliphatic heterocycles. The quantitative estimate of drug-likeness (QED) is 0.570. The second-order valence-corrected chi connectivity index (χ2v) is 5.95. The van der Waals surface area contributed by atoms with Crippen molar-refractivity contribution in [1.29, 1.82) is 0 Å². The third kappa shape index (κ3) is 4.63. The Morgan fingerprint density at radius 1 is 1.07 bits per heavy atom. The third-order valence-corrected chi connectivity index (χ3v) is 3.94. The summed E-state index contributed by atoms with van der Waals surface area (Å²) in [5, 5.41) is 1.78. The van der Waals surface area contributed by atoms with E-state index in [9.17, 15) is 22.8 Å². The van der Waals surface area contributed by atoms with Crippen molar-refractivity contribution < 1.29 is 27.5 Å². The number of pyridine rings is 2. The molecular weight excluding hydrogens is 377 g/mol. The molecule has 2 rings (SSSR count). The molecule has 1 amide bonds. The fraction of sp³-hybridized carbons (Fsp3) is 0.333. The van der Waals surface area contributed by atoms with Crippen LogP contribution in [0.15, 0.2) is 49.1 Å². The summed E-state index contributed by atoms with van der Waals surface area (Å²) in [5.74, 6) is -2.68. The van der Waals surface area contributed by atoms with Gasteiger partial charge < -0.3 is 10.1 Å². The highest BCUT2D eigenvalue weighted by Gasteiger charge is 2.66. The molecular formula is C18H19F3N4O3. The second kappa shape index (κ2) is 8.79. The van der Waals surface area contributed by atoms with E-state index in [1.165, 1.54) is 36.9 Å². The smallest absolute Gasteiger partial charge is 0.436 e. The molecule has 1 N–H and O–H groups in total. The second-order valence-electron chi connectivity index (χ2n) is 5.95. The molecule has 0 spiro atoms. The summed E-state index contributed by atoms with van der Waals surface area (Å²) >= 11 is 0. The van der Waals surface area contributed by atoms with Crippen LogP contribution in [0.4, 0.5) is 13.2 Å². The van der Waals surface area contributed by atoms with Crippen LogP contribution in [0.2, 0.25) is 0 Å². The molecule has 0 fully saturated rings. The van der Waals surface area contributed by atoms with Gasteiger partial charge in [-0.2, -0.15) is 13.2 Å². The molecule has 0 saturated heterocycles. The van der Waals surface area contributed by atoms with Crippen molar-refractivity contribution in [2.45, 2.75) is 31.9 Å². The molecule has 0 radical (unpaired) electrons. The largest absolute Gasteiger partial charge is 0.466 e. The zero-order valence-corrected chi connectivity index (χ0v) is 15.2. The lowest BCUT2D eigenvalue weighted by molar-refractivity contribution is -0.251. The van der Waals surface area contributed by atoms with E-state index in [4.69, 9.17) is 0 Å². The number of amides is 1. The molecule has 0 saturated carbocycles. The van der Waals surface area contributed by atoms with Crippen molar-refractivity contribution >= 4 is 11.9 Å². The Kier molecular flexibility index (Phi) is 6.68. The number of halogens is 3. The maximum atomic E-state index is 14.2. The van der Waals surface area contributed by atoms with E-state index in [0.717, 1.165) is 18.9 Å². The Balaban J connectivity index is 2.61. The third-order valence-electron chi connectivity index (χ3n) is 3.94. The van der Waals surface area contributed by atoms with Gasteiger partial charge in [0, 0.05) is 44.8 Å². The van der Waals surface area contributed by atoms with Gasteiger partial charge in [-0.3, -0.25) is 19.7 Å². The molecule has 0 aliphatic carbocycles. The standard InChI is InChI=1S/C18H19F3N4O3/c1-13(26)24-17(16(27)28-2,18(19,20)21)25(11-14-5-8-22-9-6-14)12-15-4-3-7-23-10-15/h3-10H,11-12H2,1-2H3,(H,24,26)/t17-/m0/s1. The number of rotatable bonds is 7. The summed E-state index contributed by atoms with van der Waals surface area (Å²) in [5.41, 5.74) is -2.51. The van der Waals surface area contributed by atoms with Gasteiger partial charge in [-0.1, -0.05) is 6.07 Å². The first kappa shape index (κ1) is 21.3. The van der Waals surface area contributed by atoms with Gasteiger partial charge in [0.05, 0.1) is 7.11 Å². The Hall–Kier alpha value is -3.01. The molecule has 1 atom stereocenters. The van der Waals surface area contributed by atoms with Crippen LogP contribution in [0, 0.1) is 0 Å². The number of methoxy groups -OCH3 is 1. The lowest BCUT2D eigenvalue weighted by atomic mass is 10.0. The predicted molar refractivity (Wildman–Crippen MR) is 92.3 cm³/mol. The van der Waals surface area contributed by atoms with E-state index in [-0.39, 0.29) is 13.1 Å². The molecule has 2 aromatic heterocycles. The van der Waals surface area contributed by atoms with Crippen LogP contribution in [0.1, 0.15) is 18.1 Å². The highest BCUT2D eigenvalue weighted by Crippen LogP contribution is 2.37. The number of hydrogen-bond donors (Lipinski definition) is 1. The normalized spacial score (nSPS) is 13.6. The van der Waals surface area contributed by atoms with Crippen LogP contribution in [-0.4, -0.2) is 45.7 Å². The SMILES string of the molecule is COC(=O)[C@](NC(C)=O)(N(Cc1ccncc1)Cc1cccnc1)C(F)(F)F. The number of alkyl halides is 3. The van der Waals surface area contributed by atoms with Crippen LogP contribution in [0.25, 0.3) is 0 Å². The number of carbonyl (C=O) groups is 2. The number of hydrogen-bond acceptors (Lipinski definition) is 6. The van der Waals surface area contributed by atoms with Crippen LogP contribution in [0.5, 0.6) is 0 Å². The Bertz CT molecular complexity index is 761. The van der Waals surface area contributed by atoms with E-state index in [0.29, 0.717) is 11.1 Å². The monoisotopic (exact) mass is 396 g/mol. The molecule has 2 heterocycles. The zero-order chi connectivity index (χ0) is 20.8. The first-order chi connectivity index (χ1) is 13.2. The highest BCUT2D eigenvalue weighted by molar-refractivity contribution is 5.87. The van der Waals surface area contributed by atoms with Crippen molar-refractivity contribution in [3.05, 3.63) is 60.2 Å². The molecule has 150 valence electrons. The Morgan fingerprint density at radius 3 is 2.21 bits per heavy atom. The van der Waals surface area contributed by atoms with Gasteiger partial charge in [-0.25, -0.2) is 4.79 Å². The lowest BCUT2D eigenvalue weighted by Crippen LogP contribution is -2.72. The average molecular weight is 396 g/mol. The van der Waals surface area contributed by atoms with Gasteiger partial charge in [0.1, 0.15) is 0 Å². The first-order valence-corrected chi connectivity index (χ1v) is 8.17. The topological polar surface area (TPSA) is 84.4 Å². The van der Waals surface area contributed by atoms with E-state index >= 15 is 0 Å². The van der Waals surface area contributed by atoms with Crippen LogP contribution >= 0.6 is 0 Å². The fourth-order valence-electron chi connectivity index (χ4n) is 2.74. The Morgan fingerprint density at radius 2 is 1.71 bits per heavy atom. The van der Waals surface area contributed by atoms with Gasteiger partial charge >= 0.3 is 12.1 Å². The van der Waals surface area contributed by atoms with Crippen molar-refractivity contribution in [1.82, 2.24) is 20.2 Å². The van der Waals surface area contributed by atoms with Crippen molar-refractivity contribution in [3.8, 4) is 0 Å². The lowest BCUT2D eigenvalue weighted by Gasteiger charge is -2.42. The number of nitrogens with zero attached hydrogens (tertiary/aromatic N) is 3. The van der Waals surface area contributed by atoms with Crippen LogP contribution in [-0.2, 0) is 27.4 Å². The fourth-order valence-corrected chi connectivity index (χ4v) is 2.74. The zero-order valence-electron chi connectivity index (χ0n) is 15.2. The highest BCUT2D eigenvalue weighted by atomic mass is 19.4. The number of ether oxygens (including phenoxy) is 1. The van der Waals surface area contributed by atoms with Crippen molar-refractivity contribution in [3.63, 3.8) is 0 Å². The van der Waals surface area contributed by atoms with E-state index in [2.05, 4.69) is 14.7 Å². The molecule has 2 aromatic rings. The molecule has 7 nitrogen and oxygen atoms in total. The molecule has 10 heteroatoms. The van der Waals surface area contributed by atoms with Gasteiger partial charge in [0.15, 0.2) is 0 Å². The first-order valence-electron chi connectivity index (χ1n) is 8.17. The number of carbonyl (C=O) groups excluding carboxylic acids is 2. The summed E-state index contributed by atoms with van der Waals surface area (Å²) in [6.45, 7) is 0.259. The van der Waals surface area contributed by atoms with Gasteiger partial charge in [-0.05, 0) is 29.3 Å². The molecule has 0 bridgehead atoms. The van der Waals surface area contributed by atoms with Gasteiger partial charge in [-0.15, -0.1) is 0 Å². The maximum absolute atomic E-state index is 14.2. The average Bonchev–Trinajstić information content (AvgIpc) is 2.65. The van der Waals surface area contributed by atoms with E-state index in [1.807, 2.05) is 0 Å². The van der Waals surface area contributed by atoms with Crippen molar-refractivity contribution in [2.75, 3.05) is 7.11 Å². The summed E-state index contributed by atoms with van der Waals surface area (Å²) in [4.78, 5) is 32.6. The van der Waals surface area contributed by atoms with Crippen LogP contribution in [0.3, 0.4) is 0 Å². The minimum atomic E-state index is -5.17. The minimum Gasteiger partial charge on any atom is -0.466 e. The van der Waals surface area contributed by atoms with Crippen molar-refractivity contribution in [2.24, 2.45) is 0 Å². The molecule has 28 heavy (non-hydrogen) atoms. The van der Waals surface area contributed by atoms with E-state index in [1.54, 1.807) is 17.4 Å². The molecule has 0 aliphatic rings. The minimum absolute atomic E-state index is 0.313. The number of esters is 1. The van der Waals surface area contributed by atoms with Gasteiger partial charge in [0.25, 0.3) is 5.66 Å². The summed E-state index contributed by atoms with van der Waals surface area (Å²) in [6.07, 6.45) is 0.529. The number of nitrogens with one attached hydrogen (secondary N) is 1. The summed E-state index contributed by atoms with van der Waals surface area (Å²) in [7, 11) is 0.833. The van der Waals surface area contributed by atoms with Crippen LogP contribution < -0.4 is 5.32 Å². The van der Waals surface area contributed by atoms with Gasteiger partial charge in [0.2, 0.25) is 5.91 Å². The molecule has 0 unspecified atom stereocenters. The summed E-state index contributed by atoms with van der Waals surface area (Å²) < 4.78 is 47.2. The van der Waals surface area contributed by atoms with E-state index < -0.39 is 23.7 Å². The summed E-state index contributed by atoms with van der Waals surface area (Å²) in [6, 6.07) is 6.16. The predicted octanol–water partition coefficient (Wildman–Crippen LogP) is 2.05. The number of aromatic nitrogens is 2. The molecule has 0 aromatic carbocycles. The Labute approximate surface area is 159 Å².